The molecule has 0 aliphatic heterocycles. The molecule has 136 valence electrons. The summed E-state index contributed by atoms with van der Waals surface area (Å²) in [6.07, 6.45) is 2.15. The van der Waals surface area contributed by atoms with Crippen LogP contribution in [0.2, 0.25) is 0 Å². The number of fused-ring (bicyclic) bond motifs is 1. The fourth-order valence-corrected chi connectivity index (χ4v) is 3.47. The number of benzene rings is 2. The number of aryl methyl sites for hydroxylation is 1. The predicted octanol–water partition coefficient (Wildman–Crippen LogP) is 4.67. The van der Waals surface area contributed by atoms with Crippen molar-refractivity contribution in [1.29, 1.82) is 0 Å². The summed E-state index contributed by atoms with van der Waals surface area (Å²) in [5, 5.41) is 3.34. The number of carbonyl (C=O) groups excluding carboxylic acids is 1. The Morgan fingerprint density at radius 2 is 1.85 bits per heavy atom. The summed E-state index contributed by atoms with van der Waals surface area (Å²) >= 11 is 1.42. The van der Waals surface area contributed by atoms with Crippen LogP contribution in [0.15, 0.2) is 42.5 Å². The Bertz CT molecular complexity index is 874. The molecule has 1 amide bonds. The lowest BCUT2D eigenvalue weighted by Crippen LogP contribution is -2.19. The van der Waals surface area contributed by atoms with Gasteiger partial charge in [0.1, 0.15) is 11.5 Å². The molecule has 3 aromatic rings. The highest BCUT2D eigenvalue weighted by Crippen LogP contribution is 2.29. The van der Waals surface area contributed by atoms with Crippen LogP contribution in [0.4, 0.5) is 5.13 Å². The molecule has 26 heavy (non-hydrogen) atoms. The van der Waals surface area contributed by atoms with Gasteiger partial charge in [-0.2, -0.15) is 0 Å². The van der Waals surface area contributed by atoms with Gasteiger partial charge < -0.3 is 9.47 Å². The molecule has 0 unspecified atom stereocenters. The van der Waals surface area contributed by atoms with E-state index < -0.39 is 0 Å². The van der Waals surface area contributed by atoms with Crippen LogP contribution in [0.3, 0.4) is 0 Å². The standard InChI is InChI=1S/C20H22N2O3S/c1-3-5-14-6-8-15(9-7-14)25-13-19(23)22-20-21-17-11-10-16(24-4-2)12-18(17)26-20/h6-12H,3-5,13H2,1-2H3,(H,21,22,23). The summed E-state index contributed by atoms with van der Waals surface area (Å²) in [6.45, 7) is 4.66. The van der Waals surface area contributed by atoms with Crippen LogP contribution in [-0.2, 0) is 11.2 Å². The first-order valence-electron chi connectivity index (χ1n) is 8.73. The molecule has 0 radical (unpaired) electrons. The number of rotatable bonds is 8. The fraction of sp³-hybridized carbons (Fsp3) is 0.300. The molecule has 6 heteroatoms. The molecule has 5 nitrogen and oxygen atoms in total. The number of anilines is 1. The average Bonchev–Trinajstić information content (AvgIpc) is 3.03. The van der Waals surface area contributed by atoms with Crippen molar-refractivity contribution in [2.45, 2.75) is 26.7 Å². The van der Waals surface area contributed by atoms with Crippen molar-refractivity contribution in [2.24, 2.45) is 0 Å². The lowest BCUT2D eigenvalue weighted by molar-refractivity contribution is -0.118. The van der Waals surface area contributed by atoms with Gasteiger partial charge in [0, 0.05) is 0 Å². The number of amides is 1. The summed E-state index contributed by atoms with van der Waals surface area (Å²) in [5.74, 6) is 1.26. The zero-order valence-corrected chi connectivity index (χ0v) is 15.8. The number of carbonyl (C=O) groups is 1. The largest absolute Gasteiger partial charge is 0.494 e. The highest BCUT2D eigenvalue weighted by Gasteiger charge is 2.09. The van der Waals surface area contributed by atoms with E-state index in [0.29, 0.717) is 17.5 Å². The number of hydrogen-bond donors (Lipinski definition) is 1. The Kier molecular flexibility index (Phi) is 6.07. The lowest BCUT2D eigenvalue weighted by atomic mass is 10.1. The second-order valence-corrected chi connectivity index (χ2v) is 6.84. The van der Waals surface area contributed by atoms with Gasteiger partial charge in [0.05, 0.1) is 16.8 Å². The molecule has 1 N–H and O–H groups in total. The maximum absolute atomic E-state index is 12.1. The van der Waals surface area contributed by atoms with Crippen molar-refractivity contribution in [2.75, 3.05) is 18.5 Å². The topological polar surface area (TPSA) is 60.5 Å². The van der Waals surface area contributed by atoms with Crippen LogP contribution in [0.1, 0.15) is 25.8 Å². The lowest BCUT2D eigenvalue weighted by Gasteiger charge is -2.06. The third-order valence-corrected chi connectivity index (χ3v) is 4.68. The zero-order chi connectivity index (χ0) is 18.4. The van der Waals surface area contributed by atoms with E-state index in [1.165, 1.54) is 16.9 Å². The minimum atomic E-state index is -0.230. The molecule has 1 heterocycles. The van der Waals surface area contributed by atoms with Gasteiger partial charge in [-0.25, -0.2) is 4.98 Å². The molecule has 0 aliphatic rings. The molecule has 0 bridgehead atoms. The summed E-state index contributed by atoms with van der Waals surface area (Å²) in [6, 6.07) is 13.5. The van der Waals surface area contributed by atoms with Crippen LogP contribution >= 0.6 is 11.3 Å². The number of nitrogens with one attached hydrogen (secondary N) is 1. The van der Waals surface area contributed by atoms with Crippen molar-refractivity contribution >= 4 is 32.6 Å². The first kappa shape index (κ1) is 18.2. The Hall–Kier alpha value is -2.60. The molecule has 3 rings (SSSR count). The van der Waals surface area contributed by atoms with Gasteiger partial charge in [0.25, 0.3) is 5.91 Å². The molecular weight excluding hydrogens is 348 g/mol. The number of ether oxygens (including phenoxy) is 2. The molecular formula is C20H22N2O3S. The minimum Gasteiger partial charge on any atom is -0.494 e. The zero-order valence-electron chi connectivity index (χ0n) is 15.0. The highest BCUT2D eigenvalue weighted by atomic mass is 32.1. The number of thiazole rings is 1. The number of nitrogens with zero attached hydrogens (tertiary/aromatic N) is 1. The molecule has 0 saturated carbocycles. The Morgan fingerprint density at radius 1 is 1.08 bits per heavy atom. The first-order valence-corrected chi connectivity index (χ1v) is 9.54. The third-order valence-electron chi connectivity index (χ3n) is 3.75. The first-order chi connectivity index (χ1) is 12.7. The van der Waals surface area contributed by atoms with Gasteiger partial charge in [-0.15, -0.1) is 0 Å². The second kappa shape index (κ2) is 8.67. The van der Waals surface area contributed by atoms with E-state index in [2.05, 4.69) is 17.2 Å². The highest BCUT2D eigenvalue weighted by molar-refractivity contribution is 7.22. The summed E-state index contributed by atoms with van der Waals surface area (Å²) in [7, 11) is 0. The van der Waals surface area contributed by atoms with E-state index in [0.717, 1.165) is 28.8 Å². The van der Waals surface area contributed by atoms with E-state index in [1.54, 1.807) is 0 Å². The summed E-state index contributed by atoms with van der Waals surface area (Å²) in [5.41, 5.74) is 2.10. The van der Waals surface area contributed by atoms with Gasteiger partial charge in [-0.3, -0.25) is 10.1 Å². The second-order valence-electron chi connectivity index (χ2n) is 5.81. The molecule has 0 fully saturated rings. The predicted molar refractivity (Wildman–Crippen MR) is 105 cm³/mol. The van der Waals surface area contributed by atoms with Crippen molar-refractivity contribution in [3.63, 3.8) is 0 Å². The average molecular weight is 370 g/mol. The Balaban J connectivity index is 1.56. The molecule has 0 saturated heterocycles. The Morgan fingerprint density at radius 3 is 2.58 bits per heavy atom. The van der Waals surface area contributed by atoms with E-state index in [4.69, 9.17) is 9.47 Å². The van der Waals surface area contributed by atoms with E-state index in [-0.39, 0.29) is 12.5 Å². The van der Waals surface area contributed by atoms with Crippen LogP contribution in [0.5, 0.6) is 11.5 Å². The van der Waals surface area contributed by atoms with Crippen LogP contribution < -0.4 is 14.8 Å². The van der Waals surface area contributed by atoms with Gasteiger partial charge in [-0.1, -0.05) is 36.8 Å². The van der Waals surface area contributed by atoms with Crippen molar-refractivity contribution in [3.8, 4) is 11.5 Å². The van der Waals surface area contributed by atoms with E-state index in [1.807, 2.05) is 49.4 Å². The van der Waals surface area contributed by atoms with Crippen LogP contribution in [0.25, 0.3) is 10.2 Å². The third kappa shape index (κ3) is 4.73. The molecule has 2 aromatic carbocycles. The van der Waals surface area contributed by atoms with Gasteiger partial charge in [0.2, 0.25) is 0 Å². The molecule has 0 atom stereocenters. The maximum Gasteiger partial charge on any atom is 0.264 e. The molecule has 0 aliphatic carbocycles. The normalized spacial score (nSPS) is 10.7. The monoisotopic (exact) mass is 370 g/mol. The number of hydrogen-bond acceptors (Lipinski definition) is 5. The Labute approximate surface area is 157 Å². The van der Waals surface area contributed by atoms with Crippen LogP contribution in [-0.4, -0.2) is 24.1 Å². The van der Waals surface area contributed by atoms with Gasteiger partial charge >= 0.3 is 0 Å². The van der Waals surface area contributed by atoms with Gasteiger partial charge in [0.15, 0.2) is 11.7 Å². The minimum absolute atomic E-state index is 0.0484. The summed E-state index contributed by atoms with van der Waals surface area (Å²) < 4.78 is 12.0. The van der Waals surface area contributed by atoms with Crippen molar-refractivity contribution in [1.82, 2.24) is 4.98 Å². The SMILES string of the molecule is CCCc1ccc(OCC(=O)Nc2nc3ccc(OCC)cc3s2)cc1. The molecule has 0 spiro atoms. The molecule has 1 aromatic heterocycles. The number of aromatic nitrogens is 1. The van der Waals surface area contributed by atoms with Crippen molar-refractivity contribution < 1.29 is 14.3 Å². The van der Waals surface area contributed by atoms with E-state index in [9.17, 15) is 4.79 Å². The van der Waals surface area contributed by atoms with Crippen LogP contribution in [0, 0.1) is 0 Å². The van der Waals surface area contributed by atoms with Gasteiger partial charge in [-0.05, 0) is 49.2 Å². The summed E-state index contributed by atoms with van der Waals surface area (Å²) in [4.78, 5) is 16.5. The van der Waals surface area contributed by atoms with Crippen molar-refractivity contribution in [3.05, 3.63) is 48.0 Å². The quantitative estimate of drug-likeness (QED) is 0.626. The smallest absolute Gasteiger partial charge is 0.264 e. The fourth-order valence-electron chi connectivity index (χ4n) is 2.56. The van der Waals surface area contributed by atoms with E-state index >= 15 is 0 Å². The maximum atomic E-state index is 12.1.